The Kier molecular flexibility index (Phi) is 4.97. The second-order valence-corrected chi connectivity index (χ2v) is 7.05. The Morgan fingerprint density at radius 3 is 2.57 bits per heavy atom. The number of amides is 1. The van der Waals surface area contributed by atoms with Crippen LogP contribution in [0.5, 0.6) is 5.75 Å². The molecule has 1 aromatic heterocycles. The van der Waals surface area contributed by atoms with Crippen molar-refractivity contribution in [2.75, 3.05) is 11.4 Å². The van der Waals surface area contributed by atoms with Gasteiger partial charge in [-0.05, 0) is 43.5 Å². The van der Waals surface area contributed by atoms with Crippen LogP contribution < -0.4 is 15.4 Å². The van der Waals surface area contributed by atoms with E-state index in [2.05, 4.69) is 19.8 Å². The maximum atomic E-state index is 12.8. The third-order valence-electron chi connectivity index (χ3n) is 5.01. The summed E-state index contributed by atoms with van der Waals surface area (Å²) in [5, 5.41) is 8.81. The highest BCUT2D eigenvalue weighted by Gasteiger charge is 2.33. The predicted octanol–water partition coefficient (Wildman–Crippen LogP) is 4.28. The van der Waals surface area contributed by atoms with Crippen molar-refractivity contribution in [3.63, 3.8) is 0 Å². The van der Waals surface area contributed by atoms with Gasteiger partial charge < -0.3 is 15.4 Å². The van der Waals surface area contributed by atoms with Crippen molar-refractivity contribution in [2.45, 2.75) is 32.2 Å². The fourth-order valence-corrected chi connectivity index (χ4v) is 3.62. The molecular weight excluding hydrogens is 397 g/mol. The van der Waals surface area contributed by atoms with Gasteiger partial charge in [0.05, 0.1) is 11.2 Å². The van der Waals surface area contributed by atoms with E-state index in [1.54, 1.807) is 24.3 Å². The minimum Gasteiger partial charge on any atom is -0.405 e. The van der Waals surface area contributed by atoms with E-state index >= 15 is 0 Å². The van der Waals surface area contributed by atoms with Crippen molar-refractivity contribution in [2.24, 2.45) is 5.73 Å². The molecule has 0 atom stereocenters. The SMILES string of the molecule is CCN(c1c(C(N)=O)nnc2cc(-c3ccccc3OC(F)(F)F)ccc12)C1CC1. The third-order valence-corrected chi connectivity index (χ3v) is 5.01. The fourth-order valence-electron chi connectivity index (χ4n) is 3.62. The van der Waals surface area contributed by atoms with E-state index < -0.39 is 12.3 Å². The van der Waals surface area contributed by atoms with Gasteiger partial charge in [-0.25, -0.2) is 0 Å². The van der Waals surface area contributed by atoms with Gasteiger partial charge in [0.25, 0.3) is 5.91 Å². The van der Waals surface area contributed by atoms with Crippen LogP contribution in [-0.4, -0.2) is 35.1 Å². The maximum absolute atomic E-state index is 12.8. The molecule has 1 aliphatic rings. The van der Waals surface area contributed by atoms with Crippen molar-refractivity contribution < 1.29 is 22.7 Å². The lowest BCUT2D eigenvalue weighted by molar-refractivity contribution is -0.274. The van der Waals surface area contributed by atoms with Gasteiger partial charge in [-0.15, -0.1) is 23.4 Å². The normalized spacial score (nSPS) is 14.0. The molecule has 1 heterocycles. The number of carbonyl (C=O) groups excluding carboxylic acids is 1. The number of nitrogens with two attached hydrogens (primary N) is 1. The first kappa shape index (κ1) is 19.9. The van der Waals surface area contributed by atoms with Gasteiger partial charge >= 0.3 is 6.36 Å². The number of para-hydroxylation sites is 1. The number of carbonyl (C=O) groups is 1. The molecule has 2 aromatic carbocycles. The van der Waals surface area contributed by atoms with Crippen molar-refractivity contribution in [3.05, 3.63) is 48.2 Å². The summed E-state index contributed by atoms with van der Waals surface area (Å²) < 4.78 is 42.5. The van der Waals surface area contributed by atoms with Gasteiger partial charge in [0.15, 0.2) is 5.69 Å². The van der Waals surface area contributed by atoms with Crippen molar-refractivity contribution in [1.29, 1.82) is 0 Å². The van der Waals surface area contributed by atoms with Gasteiger partial charge in [0, 0.05) is 23.5 Å². The first-order chi connectivity index (χ1) is 14.3. The van der Waals surface area contributed by atoms with Gasteiger partial charge in [-0.1, -0.05) is 24.3 Å². The van der Waals surface area contributed by atoms with Crippen LogP contribution in [0.4, 0.5) is 18.9 Å². The van der Waals surface area contributed by atoms with E-state index in [0.29, 0.717) is 34.7 Å². The van der Waals surface area contributed by atoms with Gasteiger partial charge in [0.1, 0.15) is 5.75 Å². The largest absolute Gasteiger partial charge is 0.573 e. The summed E-state index contributed by atoms with van der Waals surface area (Å²) >= 11 is 0. The molecule has 9 heteroatoms. The molecule has 1 fully saturated rings. The number of nitrogens with zero attached hydrogens (tertiary/aromatic N) is 3. The van der Waals surface area contributed by atoms with E-state index in [1.165, 1.54) is 18.2 Å². The standard InChI is InChI=1S/C21H19F3N4O2/c1-2-28(13-8-9-13)19-15-10-7-12(11-16(15)26-27-18(19)20(25)29)14-5-3-4-6-17(14)30-21(22,23)24/h3-7,10-11,13H,2,8-9H2,1H3,(H2,25,29). The second-order valence-electron chi connectivity index (χ2n) is 7.05. The molecular formula is C21H19F3N4O2. The molecule has 0 bridgehead atoms. The molecule has 30 heavy (non-hydrogen) atoms. The number of aromatic nitrogens is 2. The first-order valence-electron chi connectivity index (χ1n) is 9.50. The number of hydrogen-bond acceptors (Lipinski definition) is 5. The highest BCUT2D eigenvalue weighted by molar-refractivity contribution is 6.06. The quantitative estimate of drug-likeness (QED) is 0.649. The van der Waals surface area contributed by atoms with Crippen LogP contribution in [-0.2, 0) is 0 Å². The number of hydrogen-bond donors (Lipinski definition) is 1. The summed E-state index contributed by atoms with van der Waals surface area (Å²) in [4.78, 5) is 14.0. The highest BCUT2D eigenvalue weighted by Crippen LogP contribution is 2.39. The summed E-state index contributed by atoms with van der Waals surface area (Å²) in [5.41, 5.74) is 7.44. The maximum Gasteiger partial charge on any atom is 0.573 e. The zero-order valence-electron chi connectivity index (χ0n) is 16.1. The Morgan fingerprint density at radius 1 is 1.20 bits per heavy atom. The lowest BCUT2D eigenvalue weighted by atomic mass is 10.0. The summed E-state index contributed by atoms with van der Waals surface area (Å²) in [7, 11) is 0. The summed E-state index contributed by atoms with van der Waals surface area (Å²) in [6.45, 7) is 2.64. The van der Waals surface area contributed by atoms with E-state index in [1.807, 2.05) is 6.92 Å². The molecule has 2 N–H and O–H groups in total. The zero-order chi connectivity index (χ0) is 21.5. The average Bonchev–Trinajstić information content (AvgIpc) is 3.52. The van der Waals surface area contributed by atoms with Crippen LogP contribution in [0.3, 0.4) is 0 Å². The molecule has 0 radical (unpaired) electrons. The van der Waals surface area contributed by atoms with Crippen LogP contribution in [0.15, 0.2) is 42.5 Å². The molecule has 4 rings (SSSR count). The Labute approximate surface area is 170 Å². The summed E-state index contributed by atoms with van der Waals surface area (Å²) in [6.07, 6.45) is -2.78. The van der Waals surface area contributed by atoms with Crippen molar-refractivity contribution in [3.8, 4) is 16.9 Å². The monoisotopic (exact) mass is 416 g/mol. The Bertz CT molecular complexity index is 1110. The van der Waals surface area contributed by atoms with Gasteiger partial charge in [-0.2, -0.15) is 0 Å². The van der Waals surface area contributed by atoms with Crippen molar-refractivity contribution in [1.82, 2.24) is 10.2 Å². The van der Waals surface area contributed by atoms with Crippen LogP contribution in [0.25, 0.3) is 22.0 Å². The number of rotatable bonds is 6. The number of halogens is 3. The Hall–Kier alpha value is -3.36. The Morgan fingerprint density at radius 2 is 1.93 bits per heavy atom. The molecule has 0 unspecified atom stereocenters. The number of benzene rings is 2. The third kappa shape index (κ3) is 3.87. The van der Waals surface area contributed by atoms with E-state index in [4.69, 9.17) is 5.73 Å². The minimum absolute atomic E-state index is 0.0878. The molecule has 0 spiro atoms. The van der Waals surface area contributed by atoms with Crippen LogP contribution in [0, 0.1) is 0 Å². The molecule has 3 aromatic rings. The molecule has 0 saturated heterocycles. The topological polar surface area (TPSA) is 81.3 Å². The smallest absolute Gasteiger partial charge is 0.405 e. The average molecular weight is 416 g/mol. The molecule has 1 saturated carbocycles. The predicted molar refractivity (Wildman–Crippen MR) is 106 cm³/mol. The number of anilines is 1. The van der Waals surface area contributed by atoms with Crippen molar-refractivity contribution >= 4 is 22.5 Å². The lowest BCUT2D eigenvalue weighted by Crippen LogP contribution is -2.29. The zero-order valence-corrected chi connectivity index (χ0v) is 16.1. The number of primary amides is 1. The van der Waals surface area contributed by atoms with Crippen LogP contribution in [0.1, 0.15) is 30.3 Å². The van der Waals surface area contributed by atoms with E-state index in [9.17, 15) is 18.0 Å². The molecule has 6 nitrogen and oxygen atoms in total. The number of fused-ring (bicyclic) bond motifs is 1. The highest BCUT2D eigenvalue weighted by atomic mass is 19.4. The van der Waals surface area contributed by atoms with E-state index in [0.717, 1.165) is 12.8 Å². The fraction of sp³-hybridized carbons (Fsp3) is 0.286. The minimum atomic E-state index is -4.80. The van der Waals surface area contributed by atoms with Gasteiger partial charge in [-0.3, -0.25) is 4.79 Å². The summed E-state index contributed by atoms with van der Waals surface area (Å²) in [5.74, 6) is -0.981. The number of ether oxygens (including phenoxy) is 1. The van der Waals surface area contributed by atoms with E-state index in [-0.39, 0.29) is 17.0 Å². The lowest BCUT2D eigenvalue weighted by Gasteiger charge is -2.25. The van der Waals surface area contributed by atoms with Crippen LogP contribution in [0.2, 0.25) is 0 Å². The molecule has 1 amide bonds. The molecule has 156 valence electrons. The molecule has 0 aliphatic heterocycles. The van der Waals surface area contributed by atoms with Gasteiger partial charge in [0.2, 0.25) is 0 Å². The Balaban J connectivity index is 1.86. The second kappa shape index (κ2) is 7.47. The molecule has 1 aliphatic carbocycles. The van der Waals surface area contributed by atoms with Crippen LogP contribution >= 0.6 is 0 Å². The first-order valence-corrected chi connectivity index (χ1v) is 9.50. The summed E-state index contributed by atoms with van der Waals surface area (Å²) in [6, 6.07) is 11.2. The number of alkyl halides is 3.